The number of para-hydroxylation sites is 1. The molecule has 0 amide bonds. The molecule has 174 valence electrons. The Kier molecular flexibility index (Phi) is 6.95. The van der Waals surface area contributed by atoms with Crippen LogP contribution in [0.3, 0.4) is 0 Å². The van der Waals surface area contributed by atoms with Gasteiger partial charge in [0, 0.05) is 31.5 Å². The molecule has 1 unspecified atom stereocenters. The van der Waals surface area contributed by atoms with Gasteiger partial charge < -0.3 is 9.64 Å². The molecule has 2 aromatic carbocycles. The summed E-state index contributed by atoms with van der Waals surface area (Å²) in [5.41, 5.74) is 5.31. The minimum absolute atomic E-state index is 0.0144. The lowest BCUT2D eigenvalue weighted by atomic mass is 9.92. The van der Waals surface area contributed by atoms with E-state index in [2.05, 4.69) is 29.1 Å². The van der Waals surface area contributed by atoms with Crippen LogP contribution in [0, 0.1) is 17.2 Å². The first-order chi connectivity index (χ1) is 16.4. The monoisotopic (exact) mass is 455 g/mol. The van der Waals surface area contributed by atoms with Crippen LogP contribution in [0.15, 0.2) is 65.5 Å². The van der Waals surface area contributed by atoms with Crippen molar-refractivity contribution in [2.45, 2.75) is 26.4 Å². The molecule has 0 bridgehead atoms. The lowest BCUT2D eigenvalue weighted by molar-refractivity contribution is -0.718. The summed E-state index contributed by atoms with van der Waals surface area (Å²) in [7, 11) is 3.91. The highest BCUT2D eigenvalue weighted by Crippen LogP contribution is 2.28. The zero-order valence-corrected chi connectivity index (χ0v) is 20.2. The number of likely N-dealkylation sites (N-methyl/N-ethyl adjacent to an activating group) is 1. The number of nitrogens with zero attached hydrogens (tertiary/aromatic N) is 3. The number of allylic oxidation sites excluding steroid dienone is 4. The standard InChI is InChI=1S/C28H30N4O2/c1-5-34-19(2)18-31(3)23-15-13-22(14-16-23)27-28(33)25-8-6-7-24(26(25)30-32(27)4)21-11-9-20(17-29)10-12-21/h6-9,11-16,19-20H,5,10,18H2,1-4H3/p+1/t19-,20?/m0/s1. The summed E-state index contributed by atoms with van der Waals surface area (Å²) in [6, 6.07) is 16.1. The second kappa shape index (κ2) is 10.1. The molecule has 0 saturated heterocycles. The molecule has 1 aliphatic carbocycles. The van der Waals surface area contributed by atoms with Gasteiger partial charge >= 0.3 is 0 Å². The van der Waals surface area contributed by atoms with Gasteiger partial charge in [0.25, 0.3) is 11.1 Å². The third-order valence-electron chi connectivity index (χ3n) is 6.28. The smallest absolute Gasteiger partial charge is 0.284 e. The second-order valence-corrected chi connectivity index (χ2v) is 8.76. The van der Waals surface area contributed by atoms with Gasteiger partial charge in [-0.15, -0.1) is 4.68 Å². The van der Waals surface area contributed by atoms with Crippen LogP contribution in [0.25, 0.3) is 27.7 Å². The van der Waals surface area contributed by atoms with Crippen molar-refractivity contribution in [3.63, 3.8) is 0 Å². The van der Waals surface area contributed by atoms with Crippen LogP contribution >= 0.6 is 0 Å². The number of aromatic amines is 1. The van der Waals surface area contributed by atoms with E-state index in [0.717, 1.165) is 34.4 Å². The largest absolute Gasteiger partial charge is 0.377 e. The van der Waals surface area contributed by atoms with E-state index in [1.54, 1.807) is 4.68 Å². The highest BCUT2D eigenvalue weighted by molar-refractivity contribution is 5.94. The average molecular weight is 456 g/mol. The number of fused-ring (bicyclic) bond motifs is 1. The van der Waals surface area contributed by atoms with E-state index in [9.17, 15) is 4.79 Å². The molecule has 6 nitrogen and oxygen atoms in total. The Hall–Kier alpha value is -3.69. The maximum absolute atomic E-state index is 13.6. The molecular formula is C28H31N4O2+. The number of aryl methyl sites for hydroxylation is 1. The fourth-order valence-corrected chi connectivity index (χ4v) is 4.55. The fraction of sp³-hybridized carbons (Fsp3) is 0.321. The SMILES string of the molecule is CCO[C@@H](C)CN(C)c1ccc(-c2c(=O)c3cccc(C4=CCC(C#N)C=C4)c3[nH][n+]2C)cc1. The normalized spacial score (nSPS) is 16.2. The van der Waals surface area contributed by atoms with Gasteiger partial charge in [0.2, 0.25) is 0 Å². The van der Waals surface area contributed by atoms with E-state index in [1.165, 1.54) is 0 Å². The number of benzene rings is 2. The van der Waals surface area contributed by atoms with Crippen LogP contribution in [0.5, 0.6) is 0 Å². The van der Waals surface area contributed by atoms with E-state index in [-0.39, 0.29) is 17.5 Å². The van der Waals surface area contributed by atoms with E-state index < -0.39 is 0 Å². The molecule has 1 aliphatic rings. The van der Waals surface area contributed by atoms with Gasteiger partial charge in [-0.1, -0.05) is 30.4 Å². The van der Waals surface area contributed by atoms with Crippen LogP contribution in [-0.4, -0.2) is 31.4 Å². The summed E-state index contributed by atoms with van der Waals surface area (Å²) >= 11 is 0. The van der Waals surface area contributed by atoms with Crippen molar-refractivity contribution in [3.05, 3.63) is 76.5 Å². The van der Waals surface area contributed by atoms with E-state index in [1.807, 2.05) is 75.6 Å². The highest BCUT2D eigenvalue weighted by atomic mass is 16.5. The predicted molar refractivity (Wildman–Crippen MR) is 136 cm³/mol. The van der Waals surface area contributed by atoms with Crippen molar-refractivity contribution in [1.29, 1.82) is 5.26 Å². The number of nitrogens with one attached hydrogen (secondary N) is 1. The predicted octanol–water partition coefficient (Wildman–Crippen LogP) is 4.36. The summed E-state index contributed by atoms with van der Waals surface area (Å²) in [5, 5.41) is 13.2. The molecule has 0 spiro atoms. The maximum Gasteiger partial charge on any atom is 0.284 e. The Bertz CT molecular complexity index is 1350. The molecule has 34 heavy (non-hydrogen) atoms. The Labute approximate surface area is 200 Å². The number of hydrogen-bond donors (Lipinski definition) is 1. The summed E-state index contributed by atoms with van der Waals surface area (Å²) in [4.78, 5) is 15.7. The Morgan fingerprint density at radius 2 is 2.03 bits per heavy atom. The Morgan fingerprint density at radius 1 is 1.26 bits per heavy atom. The minimum Gasteiger partial charge on any atom is -0.377 e. The van der Waals surface area contributed by atoms with Crippen LogP contribution in [-0.2, 0) is 11.8 Å². The average Bonchev–Trinajstić information content (AvgIpc) is 2.84. The molecular weight excluding hydrogens is 424 g/mol. The highest BCUT2D eigenvalue weighted by Gasteiger charge is 2.22. The van der Waals surface area contributed by atoms with E-state index in [0.29, 0.717) is 24.1 Å². The number of anilines is 1. The molecule has 6 heteroatoms. The molecule has 1 heterocycles. The molecule has 1 aromatic heterocycles. The third-order valence-corrected chi connectivity index (χ3v) is 6.28. The molecule has 0 fully saturated rings. The zero-order valence-electron chi connectivity index (χ0n) is 20.2. The quantitative estimate of drug-likeness (QED) is 0.537. The summed E-state index contributed by atoms with van der Waals surface area (Å²) in [6.45, 7) is 5.56. The van der Waals surface area contributed by atoms with Crippen LogP contribution < -0.4 is 15.0 Å². The number of nitriles is 1. The van der Waals surface area contributed by atoms with Gasteiger partial charge in [-0.2, -0.15) is 10.4 Å². The van der Waals surface area contributed by atoms with Crippen molar-refractivity contribution in [3.8, 4) is 17.3 Å². The van der Waals surface area contributed by atoms with Crippen LogP contribution in [0.1, 0.15) is 25.8 Å². The van der Waals surface area contributed by atoms with Gasteiger partial charge in [0.05, 0.1) is 29.0 Å². The topological polar surface area (TPSA) is 73.0 Å². The molecule has 0 saturated carbocycles. The Balaban J connectivity index is 1.69. The number of rotatable bonds is 7. The van der Waals surface area contributed by atoms with Crippen molar-refractivity contribution in [2.24, 2.45) is 13.0 Å². The zero-order chi connectivity index (χ0) is 24.2. The lowest BCUT2D eigenvalue weighted by Crippen LogP contribution is -2.41. The van der Waals surface area contributed by atoms with E-state index in [4.69, 9.17) is 10.00 Å². The molecule has 4 rings (SSSR count). The van der Waals surface area contributed by atoms with Gasteiger partial charge in [-0.25, -0.2) is 0 Å². The number of ether oxygens (including phenoxy) is 1. The van der Waals surface area contributed by atoms with Gasteiger partial charge in [0.15, 0.2) is 7.05 Å². The van der Waals surface area contributed by atoms with E-state index >= 15 is 0 Å². The number of H-pyrrole nitrogens is 1. The second-order valence-electron chi connectivity index (χ2n) is 8.76. The number of aromatic nitrogens is 2. The summed E-state index contributed by atoms with van der Waals surface area (Å²) in [6.07, 6.45) is 6.78. The van der Waals surface area contributed by atoms with Crippen molar-refractivity contribution in [1.82, 2.24) is 5.10 Å². The molecule has 0 aliphatic heterocycles. The minimum atomic E-state index is -0.0927. The summed E-state index contributed by atoms with van der Waals surface area (Å²) in [5.74, 6) is -0.0927. The molecule has 2 atom stereocenters. The first-order valence-corrected chi connectivity index (χ1v) is 11.7. The van der Waals surface area contributed by atoms with Crippen molar-refractivity contribution < 1.29 is 9.42 Å². The lowest BCUT2D eigenvalue weighted by Gasteiger charge is -2.23. The molecule has 0 radical (unpaired) electrons. The molecule has 1 N–H and O–H groups in total. The molecule has 3 aromatic rings. The van der Waals surface area contributed by atoms with Crippen molar-refractivity contribution in [2.75, 3.05) is 25.1 Å². The van der Waals surface area contributed by atoms with Crippen molar-refractivity contribution >= 4 is 22.2 Å². The third kappa shape index (κ3) is 4.66. The number of hydrogen-bond acceptors (Lipinski definition) is 4. The van der Waals surface area contributed by atoms with Crippen LogP contribution in [0.4, 0.5) is 5.69 Å². The van der Waals surface area contributed by atoms with Gasteiger partial charge in [0.1, 0.15) is 5.52 Å². The fourth-order valence-electron chi connectivity index (χ4n) is 4.55. The van der Waals surface area contributed by atoms with Gasteiger partial charge in [-0.3, -0.25) is 4.79 Å². The van der Waals surface area contributed by atoms with Gasteiger partial charge in [-0.05, 0) is 56.2 Å². The first-order valence-electron chi connectivity index (χ1n) is 11.7. The maximum atomic E-state index is 13.6. The summed E-state index contributed by atoms with van der Waals surface area (Å²) < 4.78 is 7.45. The first kappa shape index (κ1) is 23.5. The Morgan fingerprint density at radius 3 is 2.68 bits per heavy atom. The van der Waals surface area contributed by atoms with Crippen LogP contribution in [0.2, 0.25) is 0 Å².